The number of H-pyrrole nitrogens is 1. The molecule has 1 amide bonds. The van der Waals surface area contributed by atoms with Crippen molar-refractivity contribution in [2.75, 3.05) is 26.7 Å². The molecule has 5 rings (SSSR count). The van der Waals surface area contributed by atoms with Crippen LogP contribution in [0.25, 0.3) is 23.1 Å². The van der Waals surface area contributed by atoms with Crippen LogP contribution in [0, 0.1) is 0 Å². The number of fused-ring (bicyclic) bond motifs is 1. The summed E-state index contributed by atoms with van der Waals surface area (Å²) in [6.07, 6.45) is 11.9. The van der Waals surface area contributed by atoms with Gasteiger partial charge < -0.3 is 10.2 Å². The number of likely N-dealkylation sites (tertiary alicyclic amines) is 1. The van der Waals surface area contributed by atoms with Gasteiger partial charge in [0.2, 0.25) is 0 Å². The van der Waals surface area contributed by atoms with Crippen molar-refractivity contribution in [1.82, 2.24) is 30.2 Å². The minimum Gasteiger partial charge on any atom is -0.355 e. The Bertz CT molecular complexity index is 1330. The summed E-state index contributed by atoms with van der Waals surface area (Å²) in [7, 11) is 1.65. The Kier molecular flexibility index (Phi) is 7.30. The zero-order chi connectivity index (χ0) is 24.0. The quantitative estimate of drug-likeness (QED) is 0.351. The highest BCUT2D eigenvalue weighted by Gasteiger charge is 2.12. The summed E-state index contributed by atoms with van der Waals surface area (Å²) >= 11 is 1.57. The van der Waals surface area contributed by atoms with Crippen LogP contribution in [-0.2, 0) is 6.54 Å². The van der Waals surface area contributed by atoms with Crippen molar-refractivity contribution in [2.45, 2.75) is 35.6 Å². The van der Waals surface area contributed by atoms with Gasteiger partial charge in [-0.25, -0.2) is 0 Å². The Morgan fingerprint density at radius 1 is 1.14 bits per heavy atom. The first-order chi connectivity index (χ1) is 17.2. The number of aromatic amines is 1. The number of nitrogens with one attached hydrogen (secondary N) is 2. The minimum atomic E-state index is -0.0851. The van der Waals surface area contributed by atoms with Gasteiger partial charge in [0, 0.05) is 40.5 Å². The number of hydrogen-bond donors (Lipinski definition) is 2. The lowest BCUT2D eigenvalue weighted by Crippen LogP contribution is -2.21. The molecule has 7 nitrogen and oxygen atoms in total. The van der Waals surface area contributed by atoms with E-state index in [0.29, 0.717) is 5.56 Å². The molecule has 3 heterocycles. The van der Waals surface area contributed by atoms with Crippen LogP contribution in [0.5, 0.6) is 0 Å². The zero-order valence-electron chi connectivity index (χ0n) is 19.9. The Balaban J connectivity index is 1.24. The third kappa shape index (κ3) is 5.66. The molecule has 180 valence electrons. The van der Waals surface area contributed by atoms with Crippen LogP contribution in [0.4, 0.5) is 0 Å². The molecule has 0 bridgehead atoms. The Hall–Kier alpha value is -3.36. The molecule has 0 unspecified atom stereocenters. The largest absolute Gasteiger partial charge is 0.355 e. The molecule has 0 radical (unpaired) electrons. The van der Waals surface area contributed by atoms with E-state index in [9.17, 15) is 4.79 Å². The van der Waals surface area contributed by atoms with Gasteiger partial charge in [0.15, 0.2) is 0 Å². The number of rotatable bonds is 9. The maximum atomic E-state index is 12.2. The predicted octanol–water partition coefficient (Wildman–Crippen LogP) is 4.93. The summed E-state index contributed by atoms with van der Waals surface area (Å²) < 4.78 is 2.03. The number of carbonyl (C=O) groups excluding carboxylic acids is 1. The molecule has 1 aliphatic rings. The molecule has 2 aromatic carbocycles. The van der Waals surface area contributed by atoms with Gasteiger partial charge >= 0.3 is 0 Å². The topological polar surface area (TPSA) is 78.8 Å². The van der Waals surface area contributed by atoms with E-state index in [2.05, 4.69) is 56.0 Å². The zero-order valence-corrected chi connectivity index (χ0v) is 20.7. The van der Waals surface area contributed by atoms with Crippen molar-refractivity contribution in [1.29, 1.82) is 0 Å². The van der Waals surface area contributed by atoms with E-state index in [1.165, 1.54) is 25.9 Å². The van der Waals surface area contributed by atoms with E-state index in [4.69, 9.17) is 0 Å². The van der Waals surface area contributed by atoms with Crippen molar-refractivity contribution in [2.24, 2.45) is 0 Å². The summed E-state index contributed by atoms with van der Waals surface area (Å²) in [6, 6.07) is 13.8. The maximum Gasteiger partial charge on any atom is 0.252 e. The van der Waals surface area contributed by atoms with Crippen molar-refractivity contribution in [3.05, 3.63) is 71.7 Å². The number of aryl methyl sites for hydroxylation is 1. The van der Waals surface area contributed by atoms with Gasteiger partial charge in [-0.2, -0.15) is 10.2 Å². The number of aromatic nitrogens is 4. The summed E-state index contributed by atoms with van der Waals surface area (Å²) in [6.45, 7) is 4.59. The van der Waals surface area contributed by atoms with Crippen LogP contribution in [0.15, 0.2) is 64.6 Å². The first kappa shape index (κ1) is 23.4. The van der Waals surface area contributed by atoms with Gasteiger partial charge in [-0.3, -0.25) is 14.6 Å². The van der Waals surface area contributed by atoms with Crippen molar-refractivity contribution in [3.63, 3.8) is 0 Å². The highest BCUT2D eigenvalue weighted by Crippen LogP contribution is 2.32. The summed E-state index contributed by atoms with van der Waals surface area (Å²) in [4.78, 5) is 16.7. The molecule has 0 atom stereocenters. The maximum absolute atomic E-state index is 12.2. The summed E-state index contributed by atoms with van der Waals surface area (Å²) in [5.41, 5.74) is 3.60. The first-order valence-electron chi connectivity index (χ1n) is 12.1. The first-order valence-corrected chi connectivity index (χ1v) is 12.9. The monoisotopic (exact) mass is 486 g/mol. The van der Waals surface area contributed by atoms with Crippen LogP contribution < -0.4 is 5.32 Å². The smallest absolute Gasteiger partial charge is 0.252 e. The molecule has 2 aromatic heterocycles. The molecule has 0 aliphatic carbocycles. The van der Waals surface area contributed by atoms with Crippen molar-refractivity contribution < 1.29 is 4.79 Å². The molecule has 35 heavy (non-hydrogen) atoms. The molecule has 0 spiro atoms. The molecule has 1 aliphatic heterocycles. The Morgan fingerprint density at radius 2 is 2.00 bits per heavy atom. The van der Waals surface area contributed by atoms with E-state index in [0.717, 1.165) is 51.5 Å². The molecule has 1 fully saturated rings. The van der Waals surface area contributed by atoms with Crippen LogP contribution in [0.1, 0.15) is 40.9 Å². The molecule has 8 heteroatoms. The fourth-order valence-corrected chi connectivity index (χ4v) is 5.43. The lowest BCUT2D eigenvalue weighted by molar-refractivity contribution is 0.0960. The molecule has 4 aromatic rings. The second kappa shape index (κ2) is 10.9. The highest BCUT2D eigenvalue weighted by molar-refractivity contribution is 7.99. The lowest BCUT2D eigenvalue weighted by atomic mass is 10.2. The number of carbonyl (C=O) groups is 1. The second-order valence-corrected chi connectivity index (χ2v) is 9.88. The van der Waals surface area contributed by atoms with E-state index in [-0.39, 0.29) is 5.91 Å². The van der Waals surface area contributed by atoms with E-state index >= 15 is 0 Å². The average molecular weight is 487 g/mol. The SMILES string of the molecule is CNC(=O)c1ccccc1Sc1ccc2c(/C=C/c3cnn(CCCN4CCCC4)c3)n[nH]c2c1. The minimum absolute atomic E-state index is 0.0851. The molecule has 0 saturated carbocycles. The lowest BCUT2D eigenvalue weighted by Gasteiger charge is -2.13. The van der Waals surface area contributed by atoms with Crippen molar-refractivity contribution in [3.8, 4) is 0 Å². The van der Waals surface area contributed by atoms with Crippen LogP contribution in [0.2, 0.25) is 0 Å². The fourth-order valence-electron chi connectivity index (χ4n) is 4.44. The fraction of sp³-hybridized carbons (Fsp3) is 0.296. The van der Waals surface area contributed by atoms with Crippen LogP contribution in [0.3, 0.4) is 0 Å². The van der Waals surface area contributed by atoms with Gasteiger partial charge in [0.05, 0.1) is 23.0 Å². The van der Waals surface area contributed by atoms with E-state index < -0.39 is 0 Å². The van der Waals surface area contributed by atoms with E-state index in [1.807, 2.05) is 41.2 Å². The highest BCUT2D eigenvalue weighted by atomic mass is 32.2. The molecular weight excluding hydrogens is 456 g/mol. The van der Waals surface area contributed by atoms with Gasteiger partial charge in [-0.1, -0.05) is 23.9 Å². The van der Waals surface area contributed by atoms with Gasteiger partial charge in [0.25, 0.3) is 5.91 Å². The summed E-state index contributed by atoms with van der Waals surface area (Å²) in [5.74, 6) is -0.0851. The Labute approximate surface area is 209 Å². The van der Waals surface area contributed by atoms with Crippen LogP contribution in [-0.4, -0.2) is 57.5 Å². The molecule has 1 saturated heterocycles. The standard InChI is InChI=1S/C27H30N6OS/c1-28-27(34)23-7-2-3-8-26(23)35-21-10-11-22-24(30-31-25(22)17-21)12-9-20-18-29-33(19-20)16-6-15-32-13-4-5-14-32/h2-3,7-12,17-19H,4-6,13-16H2,1H3,(H,28,34)(H,30,31)/b12-9+. The normalized spacial score (nSPS) is 14.3. The molecule has 2 N–H and O–H groups in total. The van der Waals surface area contributed by atoms with Crippen LogP contribution >= 0.6 is 11.8 Å². The number of nitrogens with zero attached hydrogens (tertiary/aromatic N) is 4. The van der Waals surface area contributed by atoms with Gasteiger partial charge in [-0.05, 0) is 81.4 Å². The third-order valence-electron chi connectivity index (χ3n) is 6.30. The second-order valence-electron chi connectivity index (χ2n) is 8.77. The Morgan fingerprint density at radius 3 is 2.86 bits per heavy atom. The van der Waals surface area contributed by atoms with Gasteiger partial charge in [-0.15, -0.1) is 0 Å². The predicted molar refractivity (Wildman–Crippen MR) is 141 cm³/mol. The molecular formula is C27H30N6OS. The van der Waals surface area contributed by atoms with E-state index in [1.54, 1.807) is 18.8 Å². The number of hydrogen-bond acceptors (Lipinski definition) is 5. The number of benzene rings is 2. The third-order valence-corrected chi connectivity index (χ3v) is 7.36. The van der Waals surface area contributed by atoms with Gasteiger partial charge in [0.1, 0.15) is 0 Å². The summed E-state index contributed by atoms with van der Waals surface area (Å²) in [5, 5.41) is 15.9. The average Bonchev–Trinajstić information content (AvgIpc) is 3.64. The van der Waals surface area contributed by atoms with Crippen molar-refractivity contribution >= 4 is 40.7 Å². The number of amides is 1.